The number of nitrogens with zero attached hydrogens (tertiary/aromatic N) is 3. The van der Waals surface area contributed by atoms with Crippen LogP contribution in [0.1, 0.15) is 17.0 Å². The van der Waals surface area contributed by atoms with Gasteiger partial charge in [-0.25, -0.2) is 9.78 Å². The fraction of sp³-hybridized carbons (Fsp3) is 0.125. The number of rotatable bonds is 7. The van der Waals surface area contributed by atoms with Crippen molar-refractivity contribution < 1.29 is 14.6 Å². The minimum atomic E-state index is -1.06. The first-order valence-corrected chi connectivity index (χ1v) is 11.2. The number of thioether (sulfide) groups is 1. The van der Waals surface area contributed by atoms with Crippen LogP contribution in [0, 0.1) is 13.8 Å². The van der Waals surface area contributed by atoms with E-state index in [1.807, 2.05) is 50.2 Å². The van der Waals surface area contributed by atoms with Crippen LogP contribution in [0.5, 0.6) is 5.75 Å². The molecule has 0 atom stereocenters. The van der Waals surface area contributed by atoms with Crippen LogP contribution in [-0.4, -0.2) is 37.9 Å². The molecule has 0 saturated heterocycles. The molecular formula is C24H21ClN4O3S. The Kier molecular flexibility index (Phi) is 6.57. The number of ether oxygens (including phenoxy) is 1. The molecule has 4 aromatic rings. The van der Waals surface area contributed by atoms with Gasteiger partial charge in [-0.3, -0.25) is 5.10 Å². The summed E-state index contributed by atoms with van der Waals surface area (Å²) in [6.45, 7) is 3.96. The number of methoxy groups -OCH3 is 1. The van der Waals surface area contributed by atoms with Crippen LogP contribution in [0.3, 0.4) is 0 Å². The maximum atomic E-state index is 12.0. The molecule has 0 aliphatic rings. The maximum Gasteiger partial charge on any atom is 0.342 e. The molecule has 9 heteroatoms. The first-order chi connectivity index (χ1) is 15.9. The van der Waals surface area contributed by atoms with E-state index in [4.69, 9.17) is 16.3 Å². The van der Waals surface area contributed by atoms with Gasteiger partial charge < -0.3 is 14.4 Å². The van der Waals surface area contributed by atoms with Crippen molar-refractivity contribution in [1.29, 1.82) is 0 Å². The van der Waals surface area contributed by atoms with Crippen LogP contribution < -0.4 is 4.74 Å². The SMILES string of the molecule is COc1ccc(Cl)cc1-c1nc(S/C(=C\c2cc(C)n(-c3ccccc3)c2C)C(=O)O)n[nH]1. The molecule has 0 bridgehead atoms. The molecule has 2 heterocycles. The highest BCUT2D eigenvalue weighted by Gasteiger charge is 2.18. The Balaban J connectivity index is 1.66. The second-order valence-electron chi connectivity index (χ2n) is 7.22. The predicted octanol–water partition coefficient (Wildman–Crippen LogP) is 5.76. The van der Waals surface area contributed by atoms with Crippen molar-refractivity contribution in [2.75, 3.05) is 7.11 Å². The Morgan fingerprint density at radius 3 is 2.64 bits per heavy atom. The lowest BCUT2D eigenvalue weighted by Crippen LogP contribution is -1.99. The zero-order valence-corrected chi connectivity index (χ0v) is 19.7. The van der Waals surface area contributed by atoms with Gasteiger partial charge in [0.25, 0.3) is 0 Å². The number of aromatic amines is 1. The summed E-state index contributed by atoms with van der Waals surface area (Å²) in [7, 11) is 1.55. The number of carboxylic acid groups (broad SMARTS) is 1. The van der Waals surface area contributed by atoms with Crippen molar-refractivity contribution in [2.45, 2.75) is 19.0 Å². The minimum Gasteiger partial charge on any atom is -0.496 e. The van der Waals surface area contributed by atoms with Crippen LogP contribution in [-0.2, 0) is 4.79 Å². The first-order valence-electron chi connectivity index (χ1n) is 10.0. The van der Waals surface area contributed by atoms with Crippen LogP contribution in [0.2, 0.25) is 5.02 Å². The zero-order valence-electron chi connectivity index (χ0n) is 18.2. The summed E-state index contributed by atoms with van der Waals surface area (Å²) >= 11 is 7.08. The maximum absolute atomic E-state index is 12.0. The van der Waals surface area contributed by atoms with E-state index in [2.05, 4.69) is 19.7 Å². The molecule has 0 spiro atoms. The molecule has 4 rings (SSSR count). The highest BCUT2D eigenvalue weighted by atomic mass is 35.5. The van der Waals surface area contributed by atoms with Gasteiger partial charge in [-0.15, -0.1) is 5.10 Å². The van der Waals surface area contributed by atoms with Gasteiger partial charge in [-0.1, -0.05) is 29.8 Å². The number of para-hydroxylation sites is 1. The van der Waals surface area contributed by atoms with Gasteiger partial charge in [0.05, 0.1) is 12.7 Å². The van der Waals surface area contributed by atoms with E-state index in [9.17, 15) is 9.90 Å². The highest BCUT2D eigenvalue weighted by Crippen LogP contribution is 2.33. The molecule has 2 aromatic carbocycles. The summed E-state index contributed by atoms with van der Waals surface area (Å²) in [5, 5.41) is 17.6. The predicted molar refractivity (Wildman–Crippen MR) is 130 cm³/mol. The largest absolute Gasteiger partial charge is 0.496 e. The fourth-order valence-electron chi connectivity index (χ4n) is 3.56. The fourth-order valence-corrected chi connectivity index (χ4v) is 4.43. The van der Waals surface area contributed by atoms with Gasteiger partial charge >= 0.3 is 5.97 Å². The number of benzene rings is 2. The number of nitrogens with one attached hydrogen (secondary N) is 1. The Morgan fingerprint density at radius 2 is 1.94 bits per heavy atom. The summed E-state index contributed by atoms with van der Waals surface area (Å²) in [4.78, 5) is 16.5. The normalized spacial score (nSPS) is 11.6. The average molecular weight is 481 g/mol. The Hall–Kier alpha value is -3.49. The van der Waals surface area contributed by atoms with E-state index in [0.717, 1.165) is 34.4 Å². The molecule has 0 amide bonds. The van der Waals surface area contributed by atoms with Crippen molar-refractivity contribution in [3.05, 3.63) is 81.5 Å². The van der Waals surface area contributed by atoms with Gasteiger partial charge in [-0.05, 0) is 73.6 Å². The molecule has 0 saturated carbocycles. The first kappa shape index (κ1) is 22.7. The highest BCUT2D eigenvalue weighted by molar-refractivity contribution is 8.04. The molecule has 168 valence electrons. The van der Waals surface area contributed by atoms with Gasteiger partial charge in [0.15, 0.2) is 5.82 Å². The number of H-pyrrole nitrogens is 1. The summed E-state index contributed by atoms with van der Waals surface area (Å²) in [6.07, 6.45) is 1.64. The van der Waals surface area contributed by atoms with E-state index in [1.165, 1.54) is 0 Å². The summed E-state index contributed by atoms with van der Waals surface area (Å²) in [5.41, 5.74) is 4.42. The lowest BCUT2D eigenvalue weighted by Gasteiger charge is -2.09. The number of aliphatic carboxylic acids is 1. The lowest BCUT2D eigenvalue weighted by molar-refractivity contribution is -0.131. The van der Waals surface area contributed by atoms with Gasteiger partial charge in [-0.2, -0.15) is 0 Å². The summed E-state index contributed by atoms with van der Waals surface area (Å²) in [5.74, 6) is -0.0468. The van der Waals surface area contributed by atoms with E-state index >= 15 is 0 Å². The molecule has 2 aromatic heterocycles. The monoisotopic (exact) mass is 480 g/mol. The number of carboxylic acids is 1. The van der Waals surface area contributed by atoms with Crippen LogP contribution in [0.4, 0.5) is 0 Å². The lowest BCUT2D eigenvalue weighted by atomic mass is 10.2. The Bertz CT molecular complexity index is 1350. The third kappa shape index (κ3) is 4.81. The van der Waals surface area contributed by atoms with Crippen LogP contribution >= 0.6 is 23.4 Å². The van der Waals surface area contributed by atoms with Crippen molar-refractivity contribution in [2.24, 2.45) is 0 Å². The summed E-state index contributed by atoms with van der Waals surface area (Å²) < 4.78 is 7.45. The minimum absolute atomic E-state index is 0.104. The molecule has 2 N–H and O–H groups in total. The van der Waals surface area contributed by atoms with Crippen molar-refractivity contribution in [3.8, 4) is 22.8 Å². The van der Waals surface area contributed by atoms with E-state index in [0.29, 0.717) is 22.2 Å². The van der Waals surface area contributed by atoms with E-state index < -0.39 is 5.97 Å². The zero-order chi connectivity index (χ0) is 23.5. The number of carbonyl (C=O) groups is 1. The van der Waals surface area contributed by atoms with Crippen molar-refractivity contribution in [3.63, 3.8) is 0 Å². The second-order valence-corrected chi connectivity index (χ2v) is 8.67. The average Bonchev–Trinajstić information content (AvgIpc) is 3.37. The Morgan fingerprint density at radius 1 is 1.18 bits per heavy atom. The molecule has 33 heavy (non-hydrogen) atoms. The smallest absolute Gasteiger partial charge is 0.342 e. The quantitative estimate of drug-likeness (QED) is 0.258. The topological polar surface area (TPSA) is 93.0 Å². The third-order valence-corrected chi connectivity index (χ3v) is 6.18. The molecular weight excluding hydrogens is 460 g/mol. The number of hydrogen-bond acceptors (Lipinski definition) is 5. The second kappa shape index (κ2) is 9.56. The number of aryl methyl sites for hydroxylation is 1. The molecule has 7 nitrogen and oxygen atoms in total. The summed E-state index contributed by atoms with van der Waals surface area (Å²) in [6, 6.07) is 17.1. The standard InChI is InChI=1S/C24H21ClN4O3S/c1-14-11-16(15(2)29(14)18-7-5-4-6-8-18)12-21(23(30)31)33-24-26-22(27-28-24)19-13-17(25)9-10-20(19)32-3/h4-13H,1-3H3,(H,30,31)(H,26,27,28)/b21-12-. The number of aromatic nitrogens is 4. The van der Waals surface area contributed by atoms with Gasteiger partial charge in [0.1, 0.15) is 10.7 Å². The van der Waals surface area contributed by atoms with Gasteiger partial charge in [0.2, 0.25) is 5.16 Å². The van der Waals surface area contributed by atoms with Gasteiger partial charge in [0, 0.05) is 22.1 Å². The number of halogens is 1. The molecule has 0 fully saturated rings. The molecule has 0 aliphatic carbocycles. The van der Waals surface area contributed by atoms with E-state index in [1.54, 1.807) is 31.4 Å². The van der Waals surface area contributed by atoms with Crippen molar-refractivity contribution in [1.82, 2.24) is 19.7 Å². The third-order valence-electron chi connectivity index (χ3n) is 5.06. The Labute approximate surface area is 200 Å². The van der Waals surface area contributed by atoms with Crippen molar-refractivity contribution >= 4 is 35.4 Å². The molecule has 0 unspecified atom stereocenters. The molecule has 0 aliphatic heterocycles. The van der Waals surface area contributed by atoms with Crippen LogP contribution in [0.25, 0.3) is 23.2 Å². The van der Waals surface area contributed by atoms with E-state index in [-0.39, 0.29) is 10.1 Å². The number of hydrogen-bond donors (Lipinski definition) is 2. The molecule has 0 radical (unpaired) electrons. The van der Waals surface area contributed by atoms with Crippen LogP contribution in [0.15, 0.2) is 64.7 Å².